The second-order valence-corrected chi connectivity index (χ2v) is 2.81. The highest BCUT2D eigenvalue weighted by atomic mass is 19.1. The highest BCUT2D eigenvalue weighted by molar-refractivity contribution is 5.28. The molecule has 2 nitrogen and oxygen atoms in total. The van der Waals surface area contributed by atoms with Crippen LogP contribution in [0.2, 0.25) is 0 Å². The molecule has 0 amide bonds. The highest BCUT2D eigenvalue weighted by Crippen LogP contribution is 2.12. The van der Waals surface area contributed by atoms with Crippen molar-refractivity contribution in [1.82, 2.24) is 0 Å². The standard InChI is InChI=1S/C10H12FNO/c11-6-9(7-12)5-8-1-3-10(13)4-2-8/h1-4,6,13H,5,7,12H2. The van der Waals surface area contributed by atoms with Gasteiger partial charge < -0.3 is 10.8 Å². The van der Waals surface area contributed by atoms with Gasteiger partial charge in [0.25, 0.3) is 0 Å². The average Bonchev–Trinajstić information content (AvgIpc) is 2.17. The van der Waals surface area contributed by atoms with Gasteiger partial charge in [-0.3, -0.25) is 0 Å². The molecular formula is C10H12FNO. The van der Waals surface area contributed by atoms with Crippen LogP contribution in [0.3, 0.4) is 0 Å². The van der Waals surface area contributed by atoms with E-state index in [1.165, 1.54) is 0 Å². The van der Waals surface area contributed by atoms with Crippen molar-refractivity contribution in [2.24, 2.45) is 5.73 Å². The fraction of sp³-hybridized carbons (Fsp3) is 0.200. The van der Waals surface area contributed by atoms with Crippen molar-refractivity contribution in [3.8, 4) is 5.75 Å². The minimum Gasteiger partial charge on any atom is -0.508 e. The van der Waals surface area contributed by atoms with E-state index in [1.807, 2.05) is 0 Å². The molecule has 70 valence electrons. The van der Waals surface area contributed by atoms with E-state index in [0.29, 0.717) is 18.3 Å². The molecule has 1 rings (SSSR count). The Morgan fingerprint density at radius 2 is 2.00 bits per heavy atom. The molecule has 13 heavy (non-hydrogen) atoms. The van der Waals surface area contributed by atoms with Crippen LogP contribution >= 0.6 is 0 Å². The number of hydrogen-bond donors (Lipinski definition) is 2. The summed E-state index contributed by atoms with van der Waals surface area (Å²) >= 11 is 0. The lowest BCUT2D eigenvalue weighted by Crippen LogP contribution is -2.05. The molecule has 0 fully saturated rings. The van der Waals surface area contributed by atoms with Crippen LogP contribution in [0.15, 0.2) is 36.2 Å². The number of halogens is 1. The van der Waals surface area contributed by atoms with E-state index in [-0.39, 0.29) is 12.3 Å². The second-order valence-electron chi connectivity index (χ2n) is 2.81. The lowest BCUT2D eigenvalue weighted by atomic mass is 10.1. The van der Waals surface area contributed by atoms with Gasteiger partial charge in [-0.05, 0) is 29.7 Å². The van der Waals surface area contributed by atoms with Crippen molar-refractivity contribution >= 4 is 0 Å². The largest absolute Gasteiger partial charge is 0.508 e. The molecule has 0 heterocycles. The summed E-state index contributed by atoms with van der Waals surface area (Å²) in [5.41, 5.74) is 6.79. The molecule has 0 spiro atoms. The van der Waals surface area contributed by atoms with E-state index < -0.39 is 0 Å². The Hall–Kier alpha value is -1.35. The smallest absolute Gasteiger partial charge is 0.115 e. The van der Waals surface area contributed by atoms with Crippen LogP contribution in [0, 0.1) is 0 Å². The van der Waals surface area contributed by atoms with E-state index >= 15 is 0 Å². The summed E-state index contributed by atoms with van der Waals surface area (Å²) in [6.07, 6.45) is 1.03. The summed E-state index contributed by atoms with van der Waals surface area (Å²) in [6, 6.07) is 6.63. The number of hydrogen-bond acceptors (Lipinski definition) is 2. The predicted octanol–water partition coefficient (Wildman–Crippen LogP) is 1.75. The summed E-state index contributed by atoms with van der Waals surface area (Å²) in [4.78, 5) is 0. The molecule has 0 aliphatic heterocycles. The molecule has 0 saturated heterocycles. The molecule has 3 N–H and O–H groups in total. The monoisotopic (exact) mass is 181 g/mol. The zero-order valence-corrected chi connectivity index (χ0v) is 7.20. The summed E-state index contributed by atoms with van der Waals surface area (Å²) in [5, 5.41) is 8.99. The van der Waals surface area contributed by atoms with Gasteiger partial charge in [0.15, 0.2) is 0 Å². The third kappa shape index (κ3) is 2.87. The first kappa shape index (κ1) is 9.74. The molecule has 0 saturated carbocycles. The van der Waals surface area contributed by atoms with Gasteiger partial charge in [0.05, 0.1) is 6.33 Å². The van der Waals surface area contributed by atoms with Crippen LogP contribution in [0.1, 0.15) is 5.56 Å². The molecule has 0 radical (unpaired) electrons. The SMILES string of the molecule is NCC(=CF)Cc1ccc(O)cc1. The first-order valence-electron chi connectivity index (χ1n) is 4.02. The van der Waals surface area contributed by atoms with Crippen molar-refractivity contribution in [3.05, 3.63) is 41.7 Å². The Morgan fingerprint density at radius 3 is 2.46 bits per heavy atom. The maximum absolute atomic E-state index is 12.1. The maximum atomic E-state index is 12.1. The van der Waals surface area contributed by atoms with Crippen molar-refractivity contribution in [1.29, 1.82) is 0 Å². The van der Waals surface area contributed by atoms with Crippen LogP contribution in [0.5, 0.6) is 5.75 Å². The molecule has 0 bridgehead atoms. The van der Waals surface area contributed by atoms with Crippen molar-refractivity contribution in [2.45, 2.75) is 6.42 Å². The summed E-state index contributed by atoms with van der Waals surface area (Å²) in [5.74, 6) is 0.210. The molecule has 0 atom stereocenters. The highest BCUT2D eigenvalue weighted by Gasteiger charge is 1.97. The Morgan fingerprint density at radius 1 is 1.38 bits per heavy atom. The zero-order valence-electron chi connectivity index (χ0n) is 7.20. The lowest BCUT2D eigenvalue weighted by molar-refractivity contribution is 0.475. The van der Waals surface area contributed by atoms with Gasteiger partial charge in [0.1, 0.15) is 5.75 Å². The molecule has 0 aliphatic carbocycles. The van der Waals surface area contributed by atoms with Crippen LogP contribution in [-0.4, -0.2) is 11.7 Å². The first-order valence-corrected chi connectivity index (χ1v) is 4.02. The fourth-order valence-corrected chi connectivity index (χ4v) is 1.03. The summed E-state index contributed by atoms with van der Waals surface area (Å²) in [7, 11) is 0. The van der Waals surface area contributed by atoms with Crippen molar-refractivity contribution in [3.63, 3.8) is 0 Å². The molecule has 0 aromatic heterocycles. The lowest BCUT2D eigenvalue weighted by Gasteiger charge is -2.02. The van der Waals surface area contributed by atoms with Gasteiger partial charge in [-0.2, -0.15) is 0 Å². The van der Waals surface area contributed by atoms with Crippen molar-refractivity contribution < 1.29 is 9.50 Å². The Balaban J connectivity index is 2.69. The van der Waals surface area contributed by atoms with Crippen LogP contribution < -0.4 is 5.73 Å². The molecule has 1 aromatic rings. The van der Waals surface area contributed by atoms with Crippen molar-refractivity contribution in [2.75, 3.05) is 6.54 Å². The van der Waals surface area contributed by atoms with E-state index in [1.54, 1.807) is 24.3 Å². The Kier molecular flexibility index (Phi) is 3.46. The van der Waals surface area contributed by atoms with E-state index in [0.717, 1.165) is 5.56 Å². The normalized spacial score (nSPS) is 11.7. The van der Waals surface area contributed by atoms with E-state index in [9.17, 15) is 4.39 Å². The van der Waals surface area contributed by atoms with Gasteiger partial charge in [-0.1, -0.05) is 12.1 Å². The van der Waals surface area contributed by atoms with E-state index in [4.69, 9.17) is 10.8 Å². The van der Waals surface area contributed by atoms with Crippen LogP contribution in [0.4, 0.5) is 4.39 Å². The number of nitrogens with two attached hydrogens (primary N) is 1. The van der Waals surface area contributed by atoms with Gasteiger partial charge in [0.2, 0.25) is 0 Å². The number of phenolic OH excluding ortho intramolecular Hbond substituents is 1. The zero-order chi connectivity index (χ0) is 9.68. The summed E-state index contributed by atoms with van der Waals surface area (Å²) < 4.78 is 12.1. The Labute approximate surface area is 76.5 Å². The van der Waals surface area contributed by atoms with Gasteiger partial charge in [-0.25, -0.2) is 4.39 Å². The second kappa shape index (κ2) is 4.62. The molecule has 0 unspecified atom stereocenters. The summed E-state index contributed by atoms with van der Waals surface area (Å²) in [6.45, 7) is 0.220. The van der Waals surface area contributed by atoms with E-state index in [2.05, 4.69) is 0 Å². The third-order valence-electron chi connectivity index (χ3n) is 1.78. The maximum Gasteiger partial charge on any atom is 0.115 e. The topological polar surface area (TPSA) is 46.2 Å². The minimum atomic E-state index is 0.210. The molecule has 0 aliphatic rings. The number of aromatic hydroxyl groups is 1. The van der Waals surface area contributed by atoms with Gasteiger partial charge in [-0.15, -0.1) is 0 Å². The third-order valence-corrected chi connectivity index (χ3v) is 1.78. The molecular weight excluding hydrogens is 169 g/mol. The average molecular weight is 181 g/mol. The van der Waals surface area contributed by atoms with Gasteiger partial charge in [0, 0.05) is 6.54 Å². The number of rotatable bonds is 3. The predicted molar refractivity (Wildman–Crippen MR) is 50.1 cm³/mol. The van der Waals surface area contributed by atoms with Gasteiger partial charge >= 0.3 is 0 Å². The molecule has 3 heteroatoms. The number of benzene rings is 1. The molecule has 1 aromatic carbocycles. The van der Waals surface area contributed by atoms with Crippen LogP contribution in [0.25, 0.3) is 0 Å². The van der Waals surface area contributed by atoms with Crippen LogP contribution in [-0.2, 0) is 6.42 Å². The first-order chi connectivity index (χ1) is 6.26. The quantitative estimate of drug-likeness (QED) is 0.746. The fourth-order valence-electron chi connectivity index (χ4n) is 1.03. The minimum absolute atomic E-state index is 0.210. The Bertz CT molecular complexity index is 292. The number of phenols is 1.